The van der Waals surface area contributed by atoms with Gasteiger partial charge >= 0.3 is 0 Å². The zero-order valence-electron chi connectivity index (χ0n) is 16.5. The van der Waals surface area contributed by atoms with Crippen molar-refractivity contribution in [2.45, 2.75) is 52.0 Å². The Morgan fingerprint density at radius 1 is 1.04 bits per heavy atom. The lowest BCUT2D eigenvalue weighted by Crippen LogP contribution is -2.51. The molecule has 4 rings (SSSR count). The molecule has 2 aromatic rings. The van der Waals surface area contributed by atoms with E-state index >= 15 is 0 Å². The van der Waals surface area contributed by atoms with Crippen LogP contribution < -0.4 is 0 Å². The number of para-hydroxylation sites is 1. The maximum Gasteiger partial charge on any atom is 0.227 e. The van der Waals surface area contributed by atoms with Crippen molar-refractivity contribution in [3.8, 4) is 5.69 Å². The van der Waals surface area contributed by atoms with Gasteiger partial charge in [-0.3, -0.25) is 9.69 Å². The van der Waals surface area contributed by atoms with E-state index in [-0.39, 0.29) is 5.91 Å². The monoisotopic (exact) mass is 366 g/mol. The first-order valence-corrected chi connectivity index (χ1v) is 10.3. The third-order valence-corrected chi connectivity index (χ3v) is 6.28. The summed E-state index contributed by atoms with van der Waals surface area (Å²) < 4.78 is 1.95. The molecule has 0 unspecified atom stereocenters. The van der Waals surface area contributed by atoms with E-state index in [9.17, 15) is 4.79 Å². The van der Waals surface area contributed by atoms with Crippen LogP contribution in [0.15, 0.2) is 30.3 Å². The van der Waals surface area contributed by atoms with Gasteiger partial charge in [0, 0.05) is 43.5 Å². The van der Waals surface area contributed by atoms with Crippen molar-refractivity contribution in [2.75, 3.05) is 26.2 Å². The van der Waals surface area contributed by atoms with E-state index in [1.807, 2.05) is 46.8 Å². The Bertz CT molecular complexity index is 784. The van der Waals surface area contributed by atoms with E-state index in [1.54, 1.807) is 0 Å². The van der Waals surface area contributed by atoms with Crippen LogP contribution in [0.25, 0.3) is 5.69 Å². The number of rotatable bonds is 4. The highest BCUT2D eigenvalue weighted by Crippen LogP contribution is 2.25. The van der Waals surface area contributed by atoms with Crippen molar-refractivity contribution in [3.63, 3.8) is 0 Å². The Hall–Kier alpha value is -2.14. The summed E-state index contributed by atoms with van der Waals surface area (Å²) in [7, 11) is 0. The van der Waals surface area contributed by atoms with Crippen molar-refractivity contribution in [3.05, 3.63) is 47.3 Å². The van der Waals surface area contributed by atoms with Crippen LogP contribution in [0.5, 0.6) is 0 Å². The van der Waals surface area contributed by atoms with Crippen LogP contribution in [0.4, 0.5) is 0 Å². The number of piperazine rings is 1. The molecule has 27 heavy (non-hydrogen) atoms. The average molecular weight is 367 g/mol. The zero-order chi connectivity index (χ0) is 18.8. The molecular weight excluding hydrogens is 336 g/mol. The van der Waals surface area contributed by atoms with Crippen molar-refractivity contribution >= 4 is 5.91 Å². The van der Waals surface area contributed by atoms with Crippen LogP contribution in [0.1, 0.15) is 42.6 Å². The molecule has 1 amide bonds. The number of aromatic nitrogens is 2. The van der Waals surface area contributed by atoms with E-state index in [2.05, 4.69) is 16.9 Å². The minimum absolute atomic E-state index is 0.236. The highest BCUT2D eigenvalue weighted by atomic mass is 16.2. The van der Waals surface area contributed by atoms with Crippen LogP contribution >= 0.6 is 0 Å². The molecule has 1 saturated carbocycles. The molecule has 5 nitrogen and oxygen atoms in total. The Balaban J connectivity index is 1.41. The van der Waals surface area contributed by atoms with Gasteiger partial charge in [-0.1, -0.05) is 31.0 Å². The molecule has 1 aromatic heterocycles. The zero-order valence-corrected chi connectivity index (χ0v) is 16.5. The van der Waals surface area contributed by atoms with Gasteiger partial charge in [0.05, 0.1) is 17.8 Å². The highest BCUT2D eigenvalue weighted by Gasteiger charge is 2.28. The highest BCUT2D eigenvalue weighted by molar-refractivity contribution is 5.79. The van der Waals surface area contributed by atoms with Gasteiger partial charge in [0.25, 0.3) is 0 Å². The molecule has 5 heteroatoms. The number of carbonyl (C=O) groups excluding carboxylic acids is 1. The lowest BCUT2D eigenvalue weighted by Gasteiger charge is -2.38. The summed E-state index contributed by atoms with van der Waals surface area (Å²) in [5.74, 6) is 0.236. The van der Waals surface area contributed by atoms with Crippen molar-refractivity contribution < 1.29 is 4.79 Å². The fourth-order valence-electron chi connectivity index (χ4n) is 4.62. The van der Waals surface area contributed by atoms with Gasteiger partial charge in [-0.05, 0) is 38.8 Å². The van der Waals surface area contributed by atoms with Crippen molar-refractivity contribution in [1.29, 1.82) is 0 Å². The minimum atomic E-state index is 0.236. The van der Waals surface area contributed by atoms with Gasteiger partial charge in [0.15, 0.2) is 0 Å². The summed E-state index contributed by atoms with van der Waals surface area (Å²) >= 11 is 0. The second kappa shape index (κ2) is 7.85. The van der Waals surface area contributed by atoms with Crippen LogP contribution in [-0.2, 0) is 11.2 Å². The number of carbonyl (C=O) groups is 1. The van der Waals surface area contributed by atoms with Gasteiger partial charge < -0.3 is 4.90 Å². The van der Waals surface area contributed by atoms with Crippen molar-refractivity contribution in [2.24, 2.45) is 0 Å². The number of benzene rings is 1. The molecule has 1 aliphatic carbocycles. The molecule has 0 radical (unpaired) electrons. The number of aryl methyl sites for hydroxylation is 1. The summed E-state index contributed by atoms with van der Waals surface area (Å²) in [6.07, 6.45) is 5.87. The predicted molar refractivity (Wildman–Crippen MR) is 107 cm³/mol. The average Bonchev–Trinajstić information content (AvgIpc) is 3.33. The Labute approximate surface area is 162 Å². The SMILES string of the molecule is Cc1nn(-c2ccccc2)c(C)c1CC(=O)N1CCN(C2CCCC2)CC1. The molecule has 0 atom stereocenters. The lowest BCUT2D eigenvalue weighted by molar-refractivity contribution is -0.132. The van der Waals surface area contributed by atoms with E-state index in [4.69, 9.17) is 0 Å². The van der Waals surface area contributed by atoms with Gasteiger partial charge in [-0.25, -0.2) is 4.68 Å². The fourth-order valence-corrected chi connectivity index (χ4v) is 4.62. The van der Waals surface area contributed by atoms with Crippen LogP contribution in [0.3, 0.4) is 0 Å². The molecule has 2 heterocycles. The summed E-state index contributed by atoms with van der Waals surface area (Å²) in [5.41, 5.74) is 4.13. The standard InChI is InChI=1S/C22H30N4O/c1-17-21(18(2)26(23-17)20-10-4-3-5-11-20)16-22(27)25-14-12-24(13-15-25)19-8-6-7-9-19/h3-5,10-11,19H,6-9,12-16H2,1-2H3. The largest absolute Gasteiger partial charge is 0.340 e. The molecular formula is C22H30N4O. The first-order chi connectivity index (χ1) is 13.1. The molecule has 144 valence electrons. The molecule has 0 bridgehead atoms. The van der Waals surface area contributed by atoms with Gasteiger partial charge in [-0.2, -0.15) is 5.10 Å². The Morgan fingerprint density at radius 3 is 2.37 bits per heavy atom. The number of hydrogen-bond acceptors (Lipinski definition) is 3. The lowest BCUT2D eigenvalue weighted by atomic mass is 10.1. The summed E-state index contributed by atoms with van der Waals surface area (Å²) in [6.45, 7) is 7.84. The first kappa shape index (κ1) is 18.2. The fraction of sp³-hybridized carbons (Fsp3) is 0.545. The molecule has 2 fully saturated rings. The second-order valence-electron chi connectivity index (χ2n) is 7.93. The maximum atomic E-state index is 12.9. The molecule has 1 aliphatic heterocycles. The van der Waals surface area contributed by atoms with E-state index in [0.717, 1.165) is 54.9 Å². The molecule has 0 N–H and O–H groups in total. The number of amides is 1. The molecule has 2 aliphatic rings. The van der Waals surface area contributed by atoms with Gasteiger partial charge in [0.2, 0.25) is 5.91 Å². The maximum absolute atomic E-state index is 12.9. The topological polar surface area (TPSA) is 41.4 Å². The second-order valence-corrected chi connectivity index (χ2v) is 7.93. The van der Waals surface area contributed by atoms with E-state index < -0.39 is 0 Å². The number of hydrogen-bond donors (Lipinski definition) is 0. The van der Waals surface area contributed by atoms with E-state index in [0.29, 0.717) is 6.42 Å². The van der Waals surface area contributed by atoms with Crippen LogP contribution in [-0.4, -0.2) is 57.7 Å². The van der Waals surface area contributed by atoms with Crippen LogP contribution in [0.2, 0.25) is 0 Å². The smallest absolute Gasteiger partial charge is 0.227 e. The number of nitrogens with zero attached hydrogens (tertiary/aromatic N) is 4. The molecule has 1 aromatic carbocycles. The van der Waals surface area contributed by atoms with Crippen LogP contribution in [0, 0.1) is 13.8 Å². The molecule has 0 spiro atoms. The van der Waals surface area contributed by atoms with E-state index in [1.165, 1.54) is 25.7 Å². The summed E-state index contributed by atoms with van der Waals surface area (Å²) in [6, 6.07) is 10.9. The normalized spacial score (nSPS) is 19.0. The van der Waals surface area contributed by atoms with Gasteiger partial charge in [0.1, 0.15) is 0 Å². The minimum Gasteiger partial charge on any atom is -0.340 e. The predicted octanol–water partition coefficient (Wildman–Crippen LogP) is 3.12. The first-order valence-electron chi connectivity index (χ1n) is 10.3. The Morgan fingerprint density at radius 2 is 1.70 bits per heavy atom. The molecule has 1 saturated heterocycles. The quantitative estimate of drug-likeness (QED) is 0.835. The Kier molecular flexibility index (Phi) is 5.30. The van der Waals surface area contributed by atoms with Crippen molar-refractivity contribution in [1.82, 2.24) is 19.6 Å². The summed E-state index contributed by atoms with van der Waals surface area (Å²) in [5, 5.41) is 4.68. The third-order valence-electron chi connectivity index (χ3n) is 6.28. The third kappa shape index (κ3) is 3.79. The summed E-state index contributed by atoms with van der Waals surface area (Å²) in [4.78, 5) is 17.6. The van der Waals surface area contributed by atoms with Gasteiger partial charge in [-0.15, -0.1) is 0 Å².